The molecule has 0 aromatic heterocycles. The third kappa shape index (κ3) is 1.27. The highest BCUT2D eigenvalue weighted by Gasteiger charge is 2.48. The van der Waals surface area contributed by atoms with Gasteiger partial charge in [-0.3, -0.25) is 0 Å². The standard InChI is InChI=1S/C16H19NO/c1-16-5-4-10-6-14(16)15(17-9-10)7-11-2-3-12(18)8-13(11)16/h2-5,8,10,14-15,17-18H,6-7,9H2,1H3/t10?,14?,15?,16-/m0/s1. The zero-order valence-electron chi connectivity index (χ0n) is 10.7. The first-order valence-corrected chi connectivity index (χ1v) is 6.92. The van der Waals surface area contributed by atoms with Crippen LogP contribution in [0.3, 0.4) is 0 Å². The Kier molecular flexibility index (Phi) is 2.00. The van der Waals surface area contributed by atoms with E-state index in [1.807, 2.05) is 12.1 Å². The molecule has 2 heteroatoms. The maximum atomic E-state index is 9.79. The van der Waals surface area contributed by atoms with E-state index in [-0.39, 0.29) is 5.41 Å². The molecule has 0 amide bonds. The van der Waals surface area contributed by atoms with Crippen molar-refractivity contribution >= 4 is 0 Å². The number of phenolic OH excluding ortho intramolecular Hbond substituents is 1. The van der Waals surface area contributed by atoms with Crippen LogP contribution in [0.15, 0.2) is 30.4 Å². The van der Waals surface area contributed by atoms with Gasteiger partial charge >= 0.3 is 0 Å². The van der Waals surface area contributed by atoms with Gasteiger partial charge in [-0.1, -0.05) is 25.1 Å². The van der Waals surface area contributed by atoms with Gasteiger partial charge in [0.2, 0.25) is 0 Å². The summed E-state index contributed by atoms with van der Waals surface area (Å²) in [5.41, 5.74) is 2.83. The van der Waals surface area contributed by atoms with E-state index in [0.717, 1.165) is 13.0 Å². The lowest BCUT2D eigenvalue weighted by molar-refractivity contribution is 0.149. The van der Waals surface area contributed by atoms with Crippen molar-refractivity contribution in [1.29, 1.82) is 0 Å². The lowest BCUT2D eigenvalue weighted by Crippen LogP contribution is -2.57. The number of allylic oxidation sites excluding steroid dienone is 1. The molecule has 3 unspecified atom stereocenters. The summed E-state index contributed by atoms with van der Waals surface area (Å²) in [4.78, 5) is 0. The Morgan fingerprint density at radius 2 is 2.28 bits per heavy atom. The van der Waals surface area contributed by atoms with Crippen LogP contribution in [-0.4, -0.2) is 17.7 Å². The van der Waals surface area contributed by atoms with Gasteiger partial charge in [-0.25, -0.2) is 0 Å². The number of aromatic hydroxyl groups is 1. The van der Waals surface area contributed by atoms with E-state index in [1.165, 1.54) is 17.5 Å². The number of piperidine rings is 1. The van der Waals surface area contributed by atoms with Gasteiger partial charge in [0.05, 0.1) is 0 Å². The van der Waals surface area contributed by atoms with E-state index < -0.39 is 0 Å². The highest BCUT2D eigenvalue weighted by Crippen LogP contribution is 2.50. The third-order valence-electron chi connectivity index (χ3n) is 5.28. The van der Waals surface area contributed by atoms with Crippen molar-refractivity contribution in [2.45, 2.75) is 31.2 Å². The summed E-state index contributed by atoms with van der Waals surface area (Å²) < 4.78 is 0. The summed E-state index contributed by atoms with van der Waals surface area (Å²) >= 11 is 0. The number of fused-ring (bicyclic) bond motifs is 3. The third-order valence-corrected chi connectivity index (χ3v) is 5.28. The van der Waals surface area contributed by atoms with Crippen molar-refractivity contribution in [2.24, 2.45) is 11.8 Å². The Hall–Kier alpha value is -1.28. The predicted molar refractivity (Wildman–Crippen MR) is 71.7 cm³/mol. The molecule has 1 saturated heterocycles. The van der Waals surface area contributed by atoms with Crippen LogP contribution in [0.25, 0.3) is 0 Å². The van der Waals surface area contributed by atoms with E-state index in [1.54, 1.807) is 0 Å². The number of hydrogen-bond donors (Lipinski definition) is 2. The van der Waals surface area contributed by atoms with E-state index in [4.69, 9.17) is 0 Å². The monoisotopic (exact) mass is 241 g/mol. The summed E-state index contributed by atoms with van der Waals surface area (Å²) in [6, 6.07) is 6.50. The Bertz CT molecular complexity index is 536. The molecule has 2 bridgehead atoms. The van der Waals surface area contributed by atoms with Crippen molar-refractivity contribution in [1.82, 2.24) is 5.32 Å². The summed E-state index contributed by atoms with van der Waals surface area (Å²) in [6.07, 6.45) is 7.17. The molecular formula is C16H19NO. The van der Waals surface area contributed by atoms with Gasteiger partial charge in [0.15, 0.2) is 0 Å². The van der Waals surface area contributed by atoms with Crippen LogP contribution in [-0.2, 0) is 11.8 Å². The van der Waals surface area contributed by atoms with Crippen LogP contribution in [0.5, 0.6) is 5.75 Å². The smallest absolute Gasteiger partial charge is 0.115 e. The van der Waals surface area contributed by atoms with Gasteiger partial charge < -0.3 is 10.4 Å². The van der Waals surface area contributed by atoms with Crippen molar-refractivity contribution in [3.05, 3.63) is 41.5 Å². The number of nitrogens with one attached hydrogen (secondary N) is 1. The molecule has 0 saturated carbocycles. The topological polar surface area (TPSA) is 32.3 Å². The highest BCUT2D eigenvalue weighted by atomic mass is 16.3. The first-order valence-electron chi connectivity index (χ1n) is 6.92. The molecule has 0 spiro atoms. The number of benzene rings is 1. The second-order valence-corrected chi connectivity index (χ2v) is 6.30. The lowest BCUT2D eigenvalue weighted by atomic mass is 9.56. The first-order chi connectivity index (χ1) is 8.67. The number of rotatable bonds is 0. The van der Waals surface area contributed by atoms with Gasteiger partial charge in [-0.15, -0.1) is 0 Å². The second-order valence-electron chi connectivity index (χ2n) is 6.30. The fourth-order valence-electron chi connectivity index (χ4n) is 4.27. The largest absolute Gasteiger partial charge is 0.508 e. The summed E-state index contributed by atoms with van der Waals surface area (Å²) in [7, 11) is 0. The molecule has 1 aromatic rings. The molecule has 1 heterocycles. The van der Waals surface area contributed by atoms with Crippen molar-refractivity contribution in [2.75, 3.05) is 6.54 Å². The molecule has 4 atom stereocenters. The Balaban J connectivity index is 1.94. The molecule has 94 valence electrons. The molecule has 2 aliphatic carbocycles. The molecule has 3 aliphatic rings. The van der Waals surface area contributed by atoms with Crippen LogP contribution in [0.2, 0.25) is 0 Å². The molecular weight excluding hydrogens is 222 g/mol. The minimum Gasteiger partial charge on any atom is -0.508 e. The minimum absolute atomic E-state index is 0.0981. The van der Waals surface area contributed by atoms with Crippen LogP contribution in [0, 0.1) is 11.8 Å². The molecule has 4 rings (SSSR count). The molecule has 2 N–H and O–H groups in total. The van der Waals surface area contributed by atoms with Gasteiger partial charge in [0.1, 0.15) is 5.75 Å². The van der Waals surface area contributed by atoms with Crippen LogP contribution in [0.1, 0.15) is 24.5 Å². The fourth-order valence-corrected chi connectivity index (χ4v) is 4.27. The predicted octanol–water partition coefficient (Wildman–Crippen LogP) is 2.37. The van der Waals surface area contributed by atoms with Gasteiger partial charge in [0, 0.05) is 18.0 Å². The maximum Gasteiger partial charge on any atom is 0.115 e. The Morgan fingerprint density at radius 1 is 1.39 bits per heavy atom. The van der Waals surface area contributed by atoms with Gasteiger partial charge in [0.25, 0.3) is 0 Å². The Morgan fingerprint density at radius 3 is 3.17 bits per heavy atom. The molecule has 1 fully saturated rings. The minimum atomic E-state index is 0.0981. The summed E-state index contributed by atoms with van der Waals surface area (Å²) in [5, 5.41) is 13.5. The summed E-state index contributed by atoms with van der Waals surface area (Å²) in [6.45, 7) is 3.46. The fraction of sp³-hybridized carbons (Fsp3) is 0.500. The zero-order valence-corrected chi connectivity index (χ0v) is 10.7. The average Bonchev–Trinajstić information content (AvgIpc) is 2.38. The molecule has 18 heavy (non-hydrogen) atoms. The van der Waals surface area contributed by atoms with E-state index in [9.17, 15) is 5.11 Å². The average molecular weight is 241 g/mol. The van der Waals surface area contributed by atoms with Crippen molar-refractivity contribution < 1.29 is 5.11 Å². The van der Waals surface area contributed by atoms with Crippen molar-refractivity contribution in [3.8, 4) is 5.75 Å². The number of phenols is 1. The molecule has 1 aromatic carbocycles. The molecule has 0 radical (unpaired) electrons. The van der Waals surface area contributed by atoms with E-state index in [0.29, 0.717) is 23.6 Å². The first kappa shape index (κ1) is 10.6. The maximum absolute atomic E-state index is 9.79. The summed E-state index contributed by atoms with van der Waals surface area (Å²) in [5.74, 6) is 1.78. The quantitative estimate of drug-likeness (QED) is 0.683. The van der Waals surface area contributed by atoms with Crippen molar-refractivity contribution in [3.63, 3.8) is 0 Å². The normalized spacial score (nSPS) is 40.4. The Labute approximate surface area is 108 Å². The highest BCUT2D eigenvalue weighted by molar-refractivity contribution is 5.47. The molecule has 2 nitrogen and oxygen atoms in total. The van der Waals surface area contributed by atoms with Crippen LogP contribution >= 0.6 is 0 Å². The lowest BCUT2D eigenvalue weighted by Gasteiger charge is -2.52. The SMILES string of the molecule is C[C@]12C=CC3CNC(Cc4ccc(O)cc41)C2C3. The van der Waals surface area contributed by atoms with Crippen LogP contribution in [0.4, 0.5) is 0 Å². The zero-order chi connectivity index (χ0) is 12.3. The van der Waals surface area contributed by atoms with Crippen LogP contribution < -0.4 is 5.32 Å². The van der Waals surface area contributed by atoms with Gasteiger partial charge in [-0.2, -0.15) is 0 Å². The van der Waals surface area contributed by atoms with E-state index in [2.05, 4.69) is 30.5 Å². The number of hydrogen-bond acceptors (Lipinski definition) is 2. The second kappa shape index (κ2) is 3.39. The van der Waals surface area contributed by atoms with Gasteiger partial charge in [-0.05, 0) is 47.9 Å². The molecule has 1 aliphatic heterocycles. The van der Waals surface area contributed by atoms with E-state index >= 15 is 0 Å².